The summed E-state index contributed by atoms with van der Waals surface area (Å²) in [6, 6.07) is 6.64. The summed E-state index contributed by atoms with van der Waals surface area (Å²) in [6.07, 6.45) is 1.06. The average molecular weight is 312 g/mol. The third-order valence-electron chi connectivity index (χ3n) is 3.59. The van der Waals surface area contributed by atoms with Crippen molar-refractivity contribution in [3.05, 3.63) is 56.9 Å². The zero-order chi connectivity index (χ0) is 16.1. The normalized spacial score (nSPS) is 11.3. The molecule has 0 saturated carbocycles. The fourth-order valence-corrected chi connectivity index (χ4v) is 2.57. The standard InChI is InChI=1S/C16H8O7/c1-20-14(17)8-6-21-13-10(8)15(18)23-12-7-4-2-3-5-9(7)22-16(19)11(12)13/h2-6H,1H3. The van der Waals surface area contributed by atoms with Crippen molar-refractivity contribution < 1.29 is 22.8 Å². The Bertz CT molecular complexity index is 1210. The number of para-hydroxylation sites is 1. The summed E-state index contributed by atoms with van der Waals surface area (Å²) in [6.45, 7) is 0. The number of esters is 1. The van der Waals surface area contributed by atoms with Crippen molar-refractivity contribution in [1.29, 1.82) is 0 Å². The zero-order valence-electron chi connectivity index (χ0n) is 11.7. The van der Waals surface area contributed by atoms with Crippen LogP contribution in [0.5, 0.6) is 0 Å². The van der Waals surface area contributed by atoms with Crippen LogP contribution in [0.1, 0.15) is 10.4 Å². The molecule has 0 atom stereocenters. The molecular weight excluding hydrogens is 304 g/mol. The highest BCUT2D eigenvalue weighted by Gasteiger charge is 2.24. The molecule has 0 radical (unpaired) electrons. The van der Waals surface area contributed by atoms with Gasteiger partial charge in [-0.25, -0.2) is 14.4 Å². The highest BCUT2D eigenvalue weighted by Crippen LogP contribution is 2.29. The number of hydrogen-bond donors (Lipinski definition) is 0. The number of benzene rings is 1. The van der Waals surface area contributed by atoms with Gasteiger partial charge in [0.15, 0.2) is 11.2 Å². The maximum atomic E-state index is 12.3. The maximum absolute atomic E-state index is 12.3. The second kappa shape index (κ2) is 4.57. The van der Waals surface area contributed by atoms with Gasteiger partial charge in [-0.1, -0.05) is 12.1 Å². The molecule has 0 aliphatic rings. The predicted molar refractivity (Wildman–Crippen MR) is 79.6 cm³/mol. The summed E-state index contributed by atoms with van der Waals surface area (Å²) in [5.74, 6) is -0.763. The van der Waals surface area contributed by atoms with E-state index in [1.807, 2.05) is 0 Å². The summed E-state index contributed by atoms with van der Waals surface area (Å²) in [4.78, 5) is 36.3. The average Bonchev–Trinajstić information content (AvgIpc) is 2.99. The Morgan fingerprint density at radius 2 is 1.74 bits per heavy atom. The number of ether oxygens (including phenoxy) is 1. The van der Waals surface area contributed by atoms with Crippen LogP contribution in [0.3, 0.4) is 0 Å². The van der Waals surface area contributed by atoms with Gasteiger partial charge >= 0.3 is 17.2 Å². The molecule has 0 amide bonds. The summed E-state index contributed by atoms with van der Waals surface area (Å²) in [5.41, 5.74) is -1.34. The van der Waals surface area contributed by atoms with Crippen LogP contribution in [0.2, 0.25) is 0 Å². The first-order valence-electron chi connectivity index (χ1n) is 6.60. The molecule has 0 unspecified atom stereocenters. The first kappa shape index (κ1) is 13.3. The van der Waals surface area contributed by atoms with E-state index in [4.69, 9.17) is 13.3 Å². The lowest BCUT2D eigenvalue weighted by atomic mass is 10.1. The van der Waals surface area contributed by atoms with Crippen LogP contribution in [-0.4, -0.2) is 13.1 Å². The van der Waals surface area contributed by atoms with Gasteiger partial charge in [0.05, 0.1) is 12.5 Å². The fraction of sp³-hybridized carbons (Fsp3) is 0.0625. The number of carbonyl (C=O) groups is 1. The molecule has 4 aromatic rings. The molecule has 7 heteroatoms. The molecule has 7 nitrogen and oxygen atoms in total. The number of furan rings is 1. The molecular formula is C16H8O7. The second-order valence-electron chi connectivity index (χ2n) is 4.82. The number of methoxy groups -OCH3 is 1. The molecule has 4 rings (SSSR count). The van der Waals surface area contributed by atoms with Gasteiger partial charge in [0.2, 0.25) is 0 Å². The van der Waals surface area contributed by atoms with Gasteiger partial charge in [-0.2, -0.15) is 0 Å². The predicted octanol–water partition coefficient (Wildman–Crippen LogP) is 2.43. The summed E-state index contributed by atoms with van der Waals surface area (Å²) >= 11 is 0. The van der Waals surface area contributed by atoms with E-state index in [9.17, 15) is 14.4 Å². The van der Waals surface area contributed by atoms with Gasteiger partial charge in [-0.3, -0.25) is 0 Å². The monoisotopic (exact) mass is 312 g/mol. The topological polar surface area (TPSA) is 99.9 Å². The van der Waals surface area contributed by atoms with Crippen molar-refractivity contribution in [3.63, 3.8) is 0 Å². The van der Waals surface area contributed by atoms with Crippen molar-refractivity contribution in [1.82, 2.24) is 0 Å². The van der Waals surface area contributed by atoms with E-state index in [-0.39, 0.29) is 33.1 Å². The van der Waals surface area contributed by atoms with E-state index >= 15 is 0 Å². The minimum atomic E-state index is -0.794. The second-order valence-corrected chi connectivity index (χ2v) is 4.82. The Hall–Kier alpha value is -3.35. The van der Waals surface area contributed by atoms with Crippen molar-refractivity contribution >= 4 is 38.9 Å². The maximum Gasteiger partial charge on any atom is 0.351 e. The SMILES string of the molecule is COC(=O)c1coc2c1c(=O)oc1c3ccccc3oc(=O)c21. The van der Waals surface area contributed by atoms with Gasteiger partial charge in [-0.15, -0.1) is 0 Å². The molecule has 0 fully saturated rings. The number of rotatable bonds is 1. The molecule has 23 heavy (non-hydrogen) atoms. The van der Waals surface area contributed by atoms with Crippen LogP contribution in [-0.2, 0) is 4.74 Å². The van der Waals surface area contributed by atoms with E-state index in [0.717, 1.165) is 6.26 Å². The van der Waals surface area contributed by atoms with Gasteiger partial charge in [-0.05, 0) is 12.1 Å². The smallest absolute Gasteiger partial charge is 0.351 e. The first-order chi connectivity index (χ1) is 11.1. The van der Waals surface area contributed by atoms with Crippen LogP contribution in [0.25, 0.3) is 32.9 Å². The van der Waals surface area contributed by atoms with Gasteiger partial charge in [0.1, 0.15) is 28.2 Å². The molecule has 3 aromatic heterocycles. The van der Waals surface area contributed by atoms with Crippen LogP contribution in [0.4, 0.5) is 0 Å². The fourth-order valence-electron chi connectivity index (χ4n) is 2.57. The molecule has 0 N–H and O–H groups in total. The largest absolute Gasteiger partial charge is 0.465 e. The Morgan fingerprint density at radius 1 is 1.00 bits per heavy atom. The lowest BCUT2D eigenvalue weighted by Gasteiger charge is -2.01. The van der Waals surface area contributed by atoms with Crippen molar-refractivity contribution in [2.24, 2.45) is 0 Å². The summed E-state index contributed by atoms with van der Waals surface area (Å²) in [5, 5.41) is 0.275. The van der Waals surface area contributed by atoms with Crippen LogP contribution in [0, 0.1) is 0 Å². The summed E-state index contributed by atoms with van der Waals surface area (Å²) in [7, 11) is 1.17. The van der Waals surface area contributed by atoms with Crippen molar-refractivity contribution in [3.8, 4) is 0 Å². The Morgan fingerprint density at radius 3 is 2.52 bits per heavy atom. The molecule has 3 heterocycles. The third kappa shape index (κ3) is 1.73. The minimum Gasteiger partial charge on any atom is -0.465 e. The molecule has 0 aliphatic heterocycles. The molecule has 1 aromatic carbocycles. The Labute approximate surface area is 126 Å². The molecule has 0 bridgehead atoms. The zero-order valence-corrected chi connectivity index (χ0v) is 11.7. The molecule has 0 spiro atoms. The lowest BCUT2D eigenvalue weighted by molar-refractivity contribution is 0.0601. The number of fused-ring (bicyclic) bond motifs is 5. The number of carbonyl (C=O) groups excluding carboxylic acids is 1. The Balaban J connectivity index is 2.30. The highest BCUT2D eigenvalue weighted by atomic mass is 16.5. The van der Waals surface area contributed by atoms with E-state index in [0.29, 0.717) is 5.39 Å². The van der Waals surface area contributed by atoms with Crippen molar-refractivity contribution in [2.45, 2.75) is 0 Å². The van der Waals surface area contributed by atoms with Crippen LogP contribution >= 0.6 is 0 Å². The minimum absolute atomic E-state index is 0.0338. The Kier molecular flexibility index (Phi) is 2.65. The molecule has 0 aliphatic carbocycles. The highest BCUT2D eigenvalue weighted by molar-refractivity contribution is 6.13. The van der Waals surface area contributed by atoms with E-state index < -0.39 is 17.2 Å². The summed E-state index contributed by atoms with van der Waals surface area (Å²) < 4.78 is 20.4. The molecule has 114 valence electrons. The van der Waals surface area contributed by atoms with Gasteiger partial charge in [0, 0.05) is 0 Å². The third-order valence-corrected chi connectivity index (χ3v) is 3.59. The van der Waals surface area contributed by atoms with E-state index in [1.54, 1.807) is 24.3 Å². The van der Waals surface area contributed by atoms with Crippen LogP contribution < -0.4 is 11.3 Å². The van der Waals surface area contributed by atoms with Gasteiger partial charge in [0.25, 0.3) is 0 Å². The van der Waals surface area contributed by atoms with Crippen LogP contribution in [0.15, 0.2) is 53.4 Å². The quantitative estimate of drug-likeness (QED) is 0.302. The first-order valence-corrected chi connectivity index (χ1v) is 6.60. The van der Waals surface area contributed by atoms with E-state index in [1.165, 1.54) is 7.11 Å². The number of hydrogen-bond acceptors (Lipinski definition) is 7. The molecule has 0 saturated heterocycles. The lowest BCUT2D eigenvalue weighted by Crippen LogP contribution is -2.09. The van der Waals surface area contributed by atoms with E-state index in [2.05, 4.69) is 4.74 Å². The van der Waals surface area contributed by atoms with Gasteiger partial charge < -0.3 is 18.0 Å². The van der Waals surface area contributed by atoms with Crippen molar-refractivity contribution in [2.75, 3.05) is 7.11 Å².